The van der Waals surface area contributed by atoms with Crippen molar-refractivity contribution in [1.82, 2.24) is 28.9 Å². The number of amides is 3. The molecule has 6 aromatic carbocycles. The first-order valence-electron chi connectivity index (χ1n) is 24.7. The van der Waals surface area contributed by atoms with Gasteiger partial charge in [-0.25, -0.2) is 4.79 Å². The molecule has 15 heteroatoms. The van der Waals surface area contributed by atoms with Gasteiger partial charge >= 0.3 is 5.97 Å². The van der Waals surface area contributed by atoms with Crippen molar-refractivity contribution in [2.75, 3.05) is 13.2 Å². The van der Waals surface area contributed by atoms with E-state index in [1.807, 2.05) is 43.3 Å². The van der Waals surface area contributed by atoms with Crippen LogP contribution in [0.1, 0.15) is 95.5 Å². The number of nitrogens with two attached hydrogens (primary N) is 3. The lowest BCUT2D eigenvalue weighted by atomic mass is 9.92. The Morgan fingerprint density at radius 1 is 0.592 bits per heavy atom. The Hall–Kier alpha value is -7.72. The minimum Gasteiger partial charge on any atom is -0.465 e. The highest BCUT2D eigenvalue weighted by molar-refractivity contribution is 6.32. The number of para-hydroxylation sites is 4. The number of aliphatic hydroxyl groups is 1. The summed E-state index contributed by atoms with van der Waals surface area (Å²) in [6.45, 7) is 5.08. The van der Waals surface area contributed by atoms with Crippen molar-refractivity contribution in [3.63, 3.8) is 0 Å². The summed E-state index contributed by atoms with van der Waals surface area (Å²) in [5, 5.41) is 22.2. The van der Waals surface area contributed by atoms with Crippen molar-refractivity contribution in [2.45, 2.75) is 87.9 Å². The lowest BCUT2D eigenvalue weighted by molar-refractivity contribution is -0.150. The molecule has 4 bridgehead atoms. The van der Waals surface area contributed by atoms with E-state index < -0.39 is 17.0 Å². The van der Waals surface area contributed by atoms with Crippen molar-refractivity contribution in [1.29, 1.82) is 0 Å². The van der Waals surface area contributed by atoms with Crippen LogP contribution in [-0.4, -0.2) is 71.4 Å². The van der Waals surface area contributed by atoms with E-state index in [-0.39, 0.29) is 55.2 Å². The number of rotatable bonds is 3. The van der Waals surface area contributed by atoms with E-state index in [1.54, 1.807) is 6.92 Å². The first-order valence-corrected chi connectivity index (χ1v) is 24.7. The van der Waals surface area contributed by atoms with Crippen LogP contribution < -0.4 is 27.8 Å². The Kier molecular flexibility index (Phi) is 8.58. The average Bonchev–Trinajstić information content (AvgIpc) is 4.25. The van der Waals surface area contributed by atoms with Crippen LogP contribution in [0.2, 0.25) is 0 Å². The summed E-state index contributed by atoms with van der Waals surface area (Å²) in [6.07, 6.45) is 2.43. The number of fused-ring (bicyclic) bond motifs is 26. The molecule has 0 radical (unpaired) electrons. The van der Waals surface area contributed by atoms with Crippen molar-refractivity contribution in [3.8, 4) is 0 Å². The van der Waals surface area contributed by atoms with Gasteiger partial charge in [0.1, 0.15) is 11.1 Å². The first kappa shape index (κ1) is 42.2. The van der Waals surface area contributed by atoms with E-state index >= 15 is 0 Å². The van der Waals surface area contributed by atoms with Crippen LogP contribution in [0.25, 0.3) is 87.2 Å². The quantitative estimate of drug-likeness (QED) is 0.0972. The standard InChI is InChI=1S/C28H24N4O3.C26H21N5O2.C2H6O/c1-2-35-27(34)28(29)12-14-11-20(28)32-19-10-6-4-8-16(19)22-23-17(13-30-26(23)33)21-15-7-3-5-9-18(15)31(14)24(21)25(22)32;27-25(33)26(28)10-12-9-18(26)31-17-8-4-2-6-14(17)20-21-15(11-29-24(21)32)19-13-5-1-3-7-16(13)30(12)22(19)23(20)31;1-2-3/h3-10,14,20H,2,11-13,29H2,1H3,(H,30,33);1-8,12,18H,9-11,28H2,(H2,27,33)(H,29,32);3H,2H2,1H3/t14-,20+,28-;12-,18+,26-;/m00./s1. The van der Waals surface area contributed by atoms with Gasteiger partial charge in [-0.3, -0.25) is 14.4 Å². The maximum Gasteiger partial charge on any atom is 0.328 e. The number of hydrogen-bond donors (Lipinski definition) is 6. The van der Waals surface area contributed by atoms with Gasteiger partial charge in [0.05, 0.1) is 51.9 Å². The van der Waals surface area contributed by atoms with Crippen molar-refractivity contribution in [3.05, 3.63) is 119 Å². The molecule has 2 fully saturated rings. The summed E-state index contributed by atoms with van der Waals surface area (Å²) >= 11 is 0. The monoisotopic (exact) mass is 945 g/mol. The molecular weight excluding hydrogens is 895 g/mol. The predicted octanol–water partition coefficient (Wildman–Crippen LogP) is 7.51. The number of esters is 1. The Balaban J connectivity index is 0.000000126. The van der Waals surface area contributed by atoms with Crippen molar-refractivity contribution in [2.24, 2.45) is 17.2 Å². The molecule has 2 aliphatic carbocycles. The Bertz CT molecular complexity index is 4100. The molecule has 6 aliphatic rings. The summed E-state index contributed by atoms with van der Waals surface area (Å²) in [5.74, 6) is -0.917. The van der Waals surface area contributed by atoms with Crippen LogP contribution in [0.5, 0.6) is 0 Å². The number of hydrogen-bond acceptors (Lipinski definition) is 8. The van der Waals surface area contributed by atoms with E-state index in [1.165, 1.54) is 0 Å². The van der Waals surface area contributed by atoms with E-state index in [2.05, 4.69) is 89.6 Å². The largest absolute Gasteiger partial charge is 0.465 e. The topological polar surface area (TPSA) is 220 Å². The Morgan fingerprint density at radius 2 is 0.944 bits per heavy atom. The Morgan fingerprint density at radius 3 is 1.35 bits per heavy atom. The molecule has 8 heterocycles. The fraction of sp³-hybridized carbons (Fsp3) is 0.286. The normalized spacial score (nSPS) is 24.2. The number of aliphatic hydroxyl groups excluding tert-OH is 1. The summed E-state index contributed by atoms with van der Waals surface area (Å²) in [7, 11) is 0. The maximum atomic E-state index is 13.4. The molecule has 16 rings (SSSR count). The molecule has 0 unspecified atom stereocenters. The van der Waals surface area contributed by atoms with Crippen molar-refractivity contribution >= 4 is 111 Å². The second-order valence-corrected chi connectivity index (χ2v) is 20.2. The zero-order chi connectivity index (χ0) is 48.6. The van der Waals surface area contributed by atoms with Gasteiger partial charge in [0.25, 0.3) is 11.8 Å². The van der Waals surface area contributed by atoms with Gasteiger partial charge in [-0.15, -0.1) is 0 Å². The molecule has 10 aromatic rings. The SMILES string of the molecule is CCO.CCOC(=O)[C@]1(N)C[C@@H]2C[C@H]1n1c3ccccc3c3c4c(c5c6ccccc6n2c5c31)CNC4=O.NC(=O)[C@]1(N)C[C@@H]2C[C@H]1n1c3ccccc3c3c4c(c5c6ccccc6n2c5c31)CNC4=O. The summed E-state index contributed by atoms with van der Waals surface area (Å²) in [5.41, 5.74) is 29.6. The van der Waals surface area contributed by atoms with Crippen LogP contribution >= 0.6 is 0 Å². The van der Waals surface area contributed by atoms with E-state index in [4.69, 9.17) is 27.0 Å². The van der Waals surface area contributed by atoms with Gasteiger partial charge in [-0.2, -0.15) is 0 Å². The third-order valence-electron chi connectivity index (χ3n) is 16.9. The zero-order valence-electron chi connectivity index (χ0n) is 39.2. The zero-order valence-corrected chi connectivity index (χ0v) is 39.2. The number of nitrogens with zero attached hydrogens (tertiary/aromatic N) is 4. The third kappa shape index (κ3) is 5.07. The number of carbonyl (C=O) groups is 4. The van der Waals surface area contributed by atoms with Gasteiger partial charge < -0.3 is 55.9 Å². The average molecular weight is 946 g/mol. The lowest BCUT2D eigenvalue weighted by Gasteiger charge is -2.32. The highest BCUT2D eigenvalue weighted by atomic mass is 16.5. The third-order valence-corrected chi connectivity index (χ3v) is 16.9. The molecule has 0 saturated heterocycles. The number of ether oxygens (including phenoxy) is 1. The summed E-state index contributed by atoms with van der Waals surface area (Å²) in [4.78, 5) is 52.6. The fourth-order valence-corrected chi connectivity index (χ4v) is 14.4. The Labute approximate surface area is 405 Å². The molecule has 3 amide bonds. The fourth-order valence-electron chi connectivity index (χ4n) is 14.4. The van der Waals surface area contributed by atoms with Gasteiger partial charge in [0.2, 0.25) is 5.91 Å². The second-order valence-electron chi connectivity index (χ2n) is 20.2. The van der Waals surface area contributed by atoms with E-state index in [0.29, 0.717) is 32.4 Å². The molecule has 0 spiro atoms. The van der Waals surface area contributed by atoms with Gasteiger partial charge in [0.15, 0.2) is 0 Å². The number of nitrogens with one attached hydrogen (secondary N) is 2. The number of carbonyl (C=O) groups excluding carboxylic acids is 4. The van der Waals surface area contributed by atoms with Gasteiger partial charge in [-0.1, -0.05) is 72.8 Å². The predicted molar refractivity (Wildman–Crippen MR) is 274 cm³/mol. The van der Waals surface area contributed by atoms with Crippen LogP contribution in [-0.2, 0) is 27.4 Å². The van der Waals surface area contributed by atoms with Crippen LogP contribution in [0.4, 0.5) is 0 Å². The van der Waals surface area contributed by atoms with Crippen molar-refractivity contribution < 1.29 is 29.0 Å². The van der Waals surface area contributed by atoms with Crippen LogP contribution in [0, 0.1) is 0 Å². The van der Waals surface area contributed by atoms with E-state index in [0.717, 1.165) is 116 Å². The molecule has 6 atom stereocenters. The van der Waals surface area contributed by atoms with Crippen LogP contribution in [0.15, 0.2) is 97.1 Å². The molecule has 15 nitrogen and oxygen atoms in total. The second kappa shape index (κ2) is 14.4. The highest BCUT2D eigenvalue weighted by Gasteiger charge is 2.56. The molecule has 9 N–H and O–H groups in total. The molecule has 356 valence electrons. The summed E-state index contributed by atoms with van der Waals surface area (Å²) < 4.78 is 14.8. The molecule has 4 aromatic heterocycles. The van der Waals surface area contributed by atoms with Gasteiger partial charge in [-0.05, 0) is 74.9 Å². The smallest absolute Gasteiger partial charge is 0.328 e. The maximum absolute atomic E-state index is 13.4. The van der Waals surface area contributed by atoms with Crippen LogP contribution in [0.3, 0.4) is 0 Å². The number of aromatic nitrogens is 4. The minimum absolute atomic E-state index is 0.0413. The molecule has 2 saturated carbocycles. The summed E-state index contributed by atoms with van der Waals surface area (Å²) in [6, 6.07) is 32.6. The number of benzene rings is 6. The molecule has 71 heavy (non-hydrogen) atoms. The molecular formula is C56H51N9O6. The molecule has 4 aliphatic heterocycles. The number of primary amides is 1. The lowest BCUT2D eigenvalue weighted by Crippen LogP contribution is -2.55. The highest BCUT2D eigenvalue weighted by Crippen LogP contribution is 2.58. The minimum atomic E-state index is -1.17. The van der Waals surface area contributed by atoms with E-state index in [9.17, 15) is 19.2 Å². The van der Waals surface area contributed by atoms with Gasteiger partial charge in [0, 0.05) is 96.9 Å². The first-order chi connectivity index (χ1) is 34.5.